The van der Waals surface area contributed by atoms with Gasteiger partial charge >= 0.3 is 0 Å². The maximum atomic E-state index is 12.6. The van der Waals surface area contributed by atoms with Crippen molar-refractivity contribution in [2.75, 3.05) is 44.4 Å². The second-order valence-electron chi connectivity index (χ2n) is 7.01. The van der Waals surface area contributed by atoms with Crippen LogP contribution in [0.1, 0.15) is 39.0 Å². The van der Waals surface area contributed by atoms with E-state index in [1.54, 1.807) is 0 Å². The first-order valence-corrected chi connectivity index (χ1v) is 9.94. The smallest absolute Gasteiger partial charge is 0.225 e. The van der Waals surface area contributed by atoms with Crippen LogP contribution in [-0.4, -0.2) is 61.3 Å². The van der Waals surface area contributed by atoms with Gasteiger partial charge in [0, 0.05) is 25.6 Å². The summed E-state index contributed by atoms with van der Waals surface area (Å²) in [5, 5.41) is 0. The van der Waals surface area contributed by atoms with Crippen LogP contribution >= 0.6 is 11.8 Å². The summed E-state index contributed by atoms with van der Waals surface area (Å²) >= 11 is 1.99. The van der Waals surface area contributed by atoms with Gasteiger partial charge in [-0.05, 0) is 55.9 Å². The molecule has 0 aromatic carbocycles. The summed E-state index contributed by atoms with van der Waals surface area (Å²) in [7, 11) is 0. The summed E-state index contributed by atoms with van der Waals surface area (Å²) in [4.78, 5) is 14.8. The lowest BCUT2D eigenvalue weighted by molar-refractivity contribution is -0.138. The fourth-order valence-corrected chi connectivity index (χ4v) is 5.11. The molecule has 0 aromatic heterocycles. The van der Waals surface area contributed by atoms with E-state index in [4.69, 9.17) is 9.47 Å². The predicted octanol–water partition coefficient (Wildman–Crippen LogP) is 2.56. The summed E-state index contributed by atoms with van der Waals surface area (Å²) in [5.74, 6) is 3.02. The third-order valence-electron chi connectivity index (χ3n) is 5.50. The molecule has 0 aliphatic carbocycles. The molecule has 22 heavy (non-hydrogen) atoms. The number of thioether (sulfide) groups is 1. The Morgan fingerprint density at radius 1 is 1.32 bits per heavy atom. The van der Waals surface area contributed by atoms with Crippen molar-refractivity contribution in [3.05, 3.63) is 0 Å². The number of piperidine rings is 1. The highest BCUT2D eigenvalue weighted by Crippen LogP contribution is 2.42. The molecule has 126 valence electrons. The van der Waals surface area contributed by atoms with Crippen molar-refractivity contribution in [3.8, 4) is 0 Å². The first-order chi connectivity index (χ1) is 10.7. The van der Waals surface area contributed by atoms with Crippen molar-refractivity contribution in [3.63, 3.8) is 0 Å². The van der Waals surface area contributed by atoms with Crippen LogP contribution in [0.25, 0.3) is 0 Å². The van der Waals surface area contributed by atoms with Gasteiger partial charge in [-0.2, -0.15) is 11.8 Å². The van der Waals surface area contributed by atoms with Crippen LogP contribution in [0.3, 0.4) is 0 Å². The second-order valence-corrected chi connectivity index (χ2v) is 8.23. The number of carbonyl (C=O) groups is 1. The fourth-order valence-electron chi connectivity index (χ4n) is 4.00. The molecular formula is C17H29NO3S. The highest BCUT2D eigenvalue weighted by molar-refractivity contribution is 7.99. The van der Waals surface area contributed by atoms with Crippen LogP contribution in [0.5, 0.6) is 0 Å². The Bertz CT molecular complexity index is 376. The van der Waals surface area contributed by atoms with Gasteiger partial charge in [-0.1, -0.05) is 0 Å². The van der Waals surface area contributed by atoms with Crippen LogP contribution in [0, 0.1) is 11.3 Å². The predicted molar refractivity (Wildman–Crippen MR) is 89.1 cm³/mol. The van der Waals surface area contributed by atoms with Crippen LogP contribution < -0.4 is 0 Å². The number of ether oxygens (including phenoxy) is 2. The Hall–Kier alpha value is -0.260. The molecule has 3 rings (SSSR count). The van der Waals surface area contributed by atoms with Crippen molar-refractivity contribution in [2.45, 2.75) is 45.1 Å². The molecule has 0 N–H and O–H groups in total. The van der Waals surface area contributed by atoms with Crippen molar-refractivity contribution < 1.29 is 14.3 Å². The number of rotatable bonds is 4. The highest BCUT2D eigenvalue weighted by Gasteiger charge is 2.43. The zero-order valence-corrected chi connectivity index (χ0v) is 14.5. The lowest BCUT2D eigenvalue weighted by Gasteiger charge is -2.40. The maximum absolute atomic E-state index is 12.6. The van der Waals surface area contributed by atoms with E-state index in [0.717, 1.165) is 76.5 Å². The average molecular weight is 327 g/mol. The van der Waals surface area contributed by atoms with Gasteiger partial charge in [0.15, 0.2) is 0 Å². The molecule has 4 nitrogen and oxygen atoms in total. The Morgan fingerprint density at radius 3 is 2.73 bits per heavy atom. The minimum absolute atomic E-state index is 0.262. The van der Waals surface area contributed by atoms with E-state index >= 15 is 0 Å². The summed E-state index contributed by atoms with van der Waals surface area (Å²) in [6.45, 7) is 6.21. The summed E-state index contributed by atoms with van der Waals surface area (Å²) in [6.07, 6.45) is 5.72. The van der Waals surface area contributed by atoms with Crippen molar-refractivity contribution in [1.29, 1.82) is 0 Å². The van der Waals surface area contributed by atoms with E-state index in [9.17, 15) is 4.79 Å². The molecule has 0 unspecified atom stereocenters. The largest absolute Gasteiger partial charge is 0.379 e. The number of hydrogen-bond donors (Lipinski definition) is 0. The maximum Gasteiger partial charge on any atom is 0.225 e. The van der Waals surface area contributed by atoms with Gasteiger partial charge in [-0.25, -0.2) is 0 Å². The van der Waals surface area contributed by atoms with Gasteiger partial charge in [0.1, 0.15) is 0 Å². The quantitative estimate of drug-likeness (QED) is 0.795. The molecular weight excluding hydrogens is 298 g/mol. The molecule has 1 atom stereocenters. The molecule has 3 saturated heterocycles. The average Bonchev–Trinajstić information content (AvgIpc) is 2.96. The zero-order chi connectivity index (χ0) is 15.4. The Kier molecular flexibility index (Phi) is 5.69. The molecule has 0 bridgehead atoms. The Labute approximate surface area is 138 Å². The van der Waals surface area contributed by atoms with Crippen LogP contribution in [0.2, 0.25) is 0 Å². The van der Waals surface area contributed by atoms with E-state index in [1.165, 1.54) is 0 Å². The molecule has 1 spiro atoms. The molecule has 3 heterocycles. The lowest BCUT2D eigenvalue weighted by Crippen LogP contribution is -2.46. The molecule has 3 fully saturated rings. The van der Waals surface area contributed by atoms with E-state index in [-0.39, 0.29) is 6.10 Å². The van der Waals surface area contributed by atoms with Gasteiger partial charge in [0.25, 0.3) is 0 Å². The normalized spacial score (nSPS) is 29.1. The van der Waals surface area contributed by atoms with Crippen molar-refractivity contribution in [2.24, 2.45) is 11.3 Å². The van der Waals surface area contributed by atoms with Gasteiger partial charge in [0.2, 0.25) is 5.91 Å². The molecule has 0 saturated carbocycles. The van der Waals surface area contributed by atoms with Gasteiger partial charge in [-0.15, -0.1) is 0 Å². The summed E-state index contributed by atoms with van der Waals surface area (Å²) in [6, 6.07) is 0. The van der Waals surface area contributed by atoms with E-state index in [1.807, 2.05) is 18.7 Å². The number of hydrogen-bond acceptors (Lipinski definition) is 4. The fraction of sp³-hybridized carbons (Fsp3) is 0.941. The highest BCUT2D eigenvalue weighted by atomic mass is 32.2. The molecule has 3 aliphatic heterocycles. The third-order valence-corrected chi connectivity index (χ3v) is 6.55. The zero-order valence-electron chi connectivity index (χ0n) is 13.7. The van der Waals surface area contributed by atoms with Gasteiger partial charge < -0.3 is 14.4 Å². The Morgan fingerprint density at radius 2 is 2.05 bits per heavy atom. The van der Waals surface area contributed by atoms with Gasteiger partial charge in [0.05, 0.1) is 19.3 Å². The van der Waals surface area contributed by atoms with Crippen LogP contribution in [-0.2, 0) is 14.3 Å². The lowest BCUT2D eigenvalue weighted by atomic mass is 9.76. The SMILES string of the molecule is CCOC[C@H]1CC2(CCN(C(=O)C3CCSCC3)CC2)CO1. The van der Waals surface area contributed by atoms with E-state index < -0.39 is 0 Å². The number of likely N-dealkylation sites (tertiary alicyclic amines) is 1. The van der Waals surface area contributed by atoms with Crippen molar-refractivity contribution in [1.82, 2.24) is 4.90 Å². The number of carbonyl (C=O) groups excluding carboxylic acids is 1. The van der Waals surface area contributed by atoms with Crippen LogP contribution in [0.4, 0.5) is 0 Å². The van der Waals surface area contributed by atoms with Crippen molar-refractivity contribution >= 4 is 17.7 Å². The molecule has 0 radical (unpaired) electrons. The molecule has 1 amide bonds. The topological polar surface area (TPSA) is 38.8 Å². The minimum Gasteiger partial charge on any atom is -0.379 e. The first kappa shape index (κ1) is 16.6. The summed E-state index contributed by atoms with van der Waals surface area (Å²) in [5.41, 5.74) is 0.307. The third kappa shape index (κ3) is 3.80. The van der Waals surface area contributed by atoms with E-state index in [0.29, 0.717) is 17.2 Å². The number of amides is 1. The monoisotopic (exact) mass is 327 g/mol. The molecule has 3 aliphatic rings. The molecule has 0 aromatic rings. The molecule has 5 heteroatoms. The standard InChI is InChI=1S/C17H29NO3S/c1-2-20-12-15-11-17(13-21-15)5-7-18(8-6-17)16(19)14-3-9-22-10-4-14/h14-15H,2-13H2,1H3/t15-/m1/s1. The second kappa shape index (κ2) is 7.54. The van der Waals surface area contributed by atoms with Crippen LogP contribution in [0.15, 0.2) is 0 Å². The Balaban J connectivity index is 1.47. The van der Waals surface area contributed by atoms with E-state index in [2.05, 4.69) is 4.90 Å². The van der Waals surface area contributed by atoms with Gasteiger partial charge in [-0.3, -0.25) is 4.79 Å². The minimum atomic E-state index is 0.262. The summed E-state index contributed by atoms with van der Waals surface area (Å²) < 4.78 is 11.4. The first-order valence-electron chi connectivity index (χ1n) is 8.78. The number of nitrogens with zero attached hydrogens (tertiary/aromatic N) is 1.